The lowest BCUT2D eigenvalue weighted by Gasteiger charge is -2.26. The van der Waals surface area contributed by atoms with Gasteiger partial charge in [-0.25, -0.2) is 14.5 Å². The third kappa shape index (κ3) is 3.77. The number of fused-ring (bicyclic) bond motifs is 1. The standard InChI is InChI=1S/C25H18ClN3O7/c1-12-7-14(13(2)28(12)15-3-5-17(24(32)33)19(26)9-15)8-18-22(30)27-25(34)29(23(18)31)16-4-6-20-21(10-16)36-11-35-20/h3-10H,11H2,1-2H3,(H,32,33)(H,27,30,34)/b18-8+. The van der Waals surface area contributed by atoms with E-state index in [1.807, 2.05) is 11.5 Å². The number of nitrogens with one attached hydrogen (secondary N) is 1. The van der Waals surface area contributed by atoms with Crippen molar-refractivity contribution in [1.82, 2.24) is 9.88 Å². The van der Waals surface area contributed by atoms with Crippen LogP contribution in [0.2, 0.25) is 5.02 Å². The Morgan fingerprint density at radius 2 is 1.75 bits per heavy atom. The van der Waals surface area contributed by atoms with Crippen molar-refractivity contribution in [2.75, 3.05) is 11.7 Å². The summed E-state index contributed by atoms with van der Waals surface area (Å²) in [6.45, 7) is 3.63. The van der Waals surface area contributed by atoms with Gasteiger partial charge in [-0.05, 0) is 61.9 Å². The number of benzene rings is 2. The van der Waals surface area contributed by atoms with Crippen LogP contribution in [0.15, 0.2) is 48.0 Å². The summed E-state index contributed by atoms with van der Waals surface area (Å²) >= 11 is 6.14. The predicted molar refractivity (Wildman–Crippen MR) is 129 cm³/mol. The Morgan fingerprint density at radius 1 is 1.03 bits per heavy atom. The number of carbonyl (C=O) groups excluding carboxylic acids is 3. The van der Waals surface area contributed by atoms with Crippen molar-refractivity contribution in [3.63, 3.8) is 0 Å². The molecule has 3 heterocycles. The molecule has 0 unspecified atom stereocenters. The SMILES string of the molecule is Cc1cc(/C=C2\C(=O)NC(=O)N(c3ccc4c(c3)OCO4)C2=O)c(C)n1-c1ccc(C(=O)O)c(Cl)c1. The lowest BCUT2D eigenvalue weighted by Crippen LogP contribution is -2.54. The zero-order valence-electron chi connectivity index (χ0n) is 19.0. The van der Waals surface area contributed by atoms with Crippen LogP contribution in [0.4, 0.5) is 10.5 Å². The highest BCUT2D eigenvalue weighted by atomic mass is 35.5. The number of carboxylic acid groups (broad SMARTS) is 1. The van der Waals surface area contributed by atoms with Gasteiger partial charge in [0.25, 0.3) is 11.8 Å². The van der Waals surface area contributed by atoms with Gasteiger partial charge < -0.3 is 19.1 Å². The van der Waals surface area contributed by atoms with Crippen molar-refractivity contribution in [1.29, 1.82) is 0 Å². The molecule has 182 valence electrons. The summed E-state index contributed by atoms with van der Waals surface area (Å²) < 4.78 is 12.4. The van der Waals surface area contributed by atoms with Gasteiger partial charge in [0.05, 0.1) is 16.3 Å². The average Bonchev–Trinajstić information content (AvgIpc) is 3.39. The van der Waals surface area contributed by atoms with E-state index >= 15 is 0 Å². The molecule has 2 N–H and O–H groups in total. The van der Waals surface area contributed by atoms with Crippen molar-refractivity contribution >= 4 is 47.2 Å². The van der Waals surface area contributed by atoms with E-state index in [1.54, 1.807) is 25.1 Å². The van der Waals surface area contributed by atoms with Crippen LogP contribution in [-0.2, 0) is 9.59 Å². The zero-order valence-corrected chi connectivity index (χ0v) is 19.8. The van der Waals surface area contributed by atoms with E-state index in [2.05, 4.69) is 5.32 Å². The lowest BCUT2D eigenvalue weighted by atomic mass is 10.1. The van der Waals surface area contributed by atoms with Crippen LogP contribution in [0.25, 0.3) is 11.8 Å². The van der Waals surface area contributed by atoms with Gasteiger partial charge in [-0.15, -0.1) is 0 Å². The molecule has 0 radical (unpaired) electrons. The highest BCUT2D eigenvalue weighted by Gasteiger charge is 2.37. The fraction of sp³-hybridized carbons (Fsp3) is 0.120. The second kappa shape index (κ2) is 8.58. The molecule has 1 saturated heterocycles. The molecule has 11 heteroatoms. The Labute approximate surface area is 209 Å². The van der Waals surface area contributed by atoms with E-state index in [1.165, 1.54) is 30.3 Å². The Bertz CT molecular complexity index is 1520. The van der Waals surface area contributed by atoms with E-state index in [0.29, 0.717) is 28.4 Å². The molecular formula is C25H18ClN3O7. The molecule has 3 aromatic rings. The maximum atomic E-state index is 13.3. The van der Waals surface area contributed by atoms with Crippen LogP contribution in [0.1, 0.15) is 27.3 Å². The molecule has 0 bridgehead atoms. The van der Waals surface area contributed by atoms with Crippen LogP contribution in [-0.4, -0.2) is 40.3 Å². The smallest absolute Gasteiger partial charge is 0.337 e. The van der Waals surface area contributed by atoms with Crippen molar-refractivity contribution in [2.24, 2.45) is 0 Å². The zero-order chi connectivity index (χ0) is 25.7. The molecule has 1 aromatic heterocycles. The maximum Gasteiger partial charge on any atom is 0.337 e. The minimum Gasteiger partial charge on any atom is -0.478 e. The predicted octanol–water partition coefficient (Wildman–Crippen LogP) is 3.84. The number of halogens is 1. The topological polar surface area (TPSA) is 127 Å². The molecule has 2 aliphatic rings. The number of aromatic nitrogens is 1. The second-order valence-corrected chi connectivity index (χ2v) is 8.53. The molecule has 2 aliphatic heterocycles. The van der Waals surface area contributed by atoms with Crippen LogP contribution in [0, 0.1) is 13.8 Å². The van der Waals surface area contributed by atoms with Crippen molar-refractivity contribution in [2.45, 2.75) is 13.8 Å². The molecule has 1 fully saturated rings. The quantitative estimate of drug-likeness (QED) is 0.405. The van der Waals surface area contributed by atoms with Gasteiger partial charge in [0.15, 0.2) is 11.5 Å². The molecule has 0 aliphatic carbocycles. The first-order chi connectivity index (χ1) is 17.2. The molecule has 10 nitrogen and oxygen atoms in total. The fourth-order valence-electron chi connectivity index (χ4n) is 4.22. The number of carboxylic acids is 1. The Morgan fingerprint density at radius 3 is 2.47 bits per heavy atom. The van der Waals surface area contributed by atoms with Gasteiger partial charge in [0.1, 0.15) is 5.57 Å². The number of barbiturate groups is 1. The highest BCUT2D eigenvalue weighted by molar-refractivity contribution is 6.39. The van der Waals surface area contributed by atoms with Gasteiger partial charge in [-0.2, -0.15) is 0 Å². The lowest BCUT2D eigenvalue weighted by molar-refractivity contribution is -0.122. The highest BCUT2D eigenvalue weighted by Crippen LogP contribution is 2.36. The van der Waals surface area contributed by atoms with E-state index in [4.69, 9.17) is 21.1 Å². The first kappa shape index (κ1) is 23.2. The average molecular weight is 508 g/mol. The number of nitrogens with zero attached hydrogens (tertiary/aromatic N) is 2. The summed E-state index contributed by atoms with van der Waals surface area (Å²) in [5.74, 6) is -1.88. The number of urea groups is 1. The number of imide groups is 2. The second-order valence-electron chi connectivity index (χ2n) is 8.13. The van der Waals surface area contributed by atoms with Crippen molar-refractivity contribution in [3.05, 3.63) is 75.6 Å². The Kier molecular flexibility index (Phi) is 5.52. The minimum atomic E-state index is -1.14. The summed E-state index contributed by atoms with van der Waals surface area (Å²) in [6.07, 6.45) is 1.41. The number of hydrogen-bond acceptors (Lipinski definition) is 6. The van der Waals surface area contributed by atoms with Crippen LogP contribution < -0.4 is 19.7 Å². The molecule has 5 rings (SSSR count). The number of aryl methyl sites for hydroxylation is 1. The van der Waals surface area contributed by atoms with Crippen LogP contribution in [0.5, 0.6) is 11.5 Å². The summed E-state index contributed by atoms with van der Waals surface area (Å²) in [5.41, 5.74) is 2.57. The molecular weight excluding hydrogens is 490 g/mol. The summed E-state index contributed by atoms with van der Waals surface area (Å²) in [5, 5.41) is 11.5. The van der Waals surface area contributed by atoms with Gasteiger partial charge in [-0.3, -0.25) is 14.9 Å². The molecule has 4 amide bonds. The van der Waals surface area contributed by atoms with Crippen molar-refractivity contribution < 1.29 is 33.8 Å². The monoisotopic (exact) mass is 507 g/mol. The van der Waals surface area contributed by atoms with Gasteiger partial charge in [0.2, 0.25) is 6.79 Å². The maximum absolute atomic E-state index is 13.3. The van der Waals surface area contributed by atoms with Crippen LogP contribution in [0.3, 0.4) is 0 Å². The molecule has 0 saturated carbocycles. The Balaban J connectivity index is 1.53. The van der Waals surface area contributed by atoms with Gasteiger partial charge in [0, 0.05) is 23.1 Å². The molecule has 0 atom stereocenters. The van der Waals surface area contributed by atoms with E-state index in [-0.39, 0.29) is 28.6 Å². The largest absolute Gasteiger partial charge is 0.478 e. The van der Waals surface area contributed by atoms with E-state index in [9.17, 15) is 24.3 Å². The minimum absolute atomic E-state index is 0.0250. The number of amides is 4. The Hall–Kier alpha value is -4.57. The summed E-state index contributed by atoms with van der Waals surface area (Å²) in [6, 6.07) is 10.0. The number of anilines is 1. The molecule has 36 heavy (non-hydrogen) atoms. The fourth-order valence-corrected chi connectivity index (χ4v) is 4.47. The number of ether oxygens (including phenoxy) is 2. The van der Waals surface area contributed by atoms with Gasteiger partial charge in [-0.1, -0.05) is 11.6 Å². The van der Waals surface area contributed by atoms with E-state index in [0.717, 1.165) is 10.6 Å². The first-order valence-corrected chi connectivity index (χ1v) is 11.1. The third-order valence-corrected chi connectivity index (χ3v) is 6.24. The number of hydrogen-bond donors (Lipinski definition) is 2. The number of rotatable bonds is 4. The van der Waals surface area contributed by atoms with Crippen molar-refractivity contribution in [3.8, 4) is 17.2 Å². The van der Waals surface area contributed by atoms with Crippen LogP contribution >= 0.6 is 11.6 Å². The third-order valence-electron chi connectivity index (χ3n) is 5.93. The summed E-state index contributed by atoms with van der Waals surface area (Å²) in [7, 11) is 0. The molecule has 0 spiro atoms. The molecule has 2 aromatic carbocycles. The number of aromatic carboxylic acids is 1. The van der Waals surface area contributed by atoms with Gasteiger partial charge >= 0.3 is 12.0 Å². The van der Waals surface area contributed by atoms with E-state index < -0.39 is 23.8 Å². The number of carbonyl (C=O) groups is 4. The summed E-state index contributed by atoms with van der Waals surface area (Å²) in [4.78, 5) is 50.6. The first-order valence-electron chi connectivity index (χ1n) is 10.7. The normalized spacial score (nSPS) is 16.0.